The third kappa shape index (κ3) is 3.32. The van der Waals surface area contributed by atoms with Crippen LogP contribution < -0.4 is 5.73 Å². The minimum Gasteiger partial charge on any atom is -0.467 e. The lowest BCUT2D eigenvalue weighted by Gasteiger charge is -2.08. The van der Waals surface area contributed by atoms with E-state index in [2.05, 4.69) is 5.16 Å². The van der Waals surface area contributed by atoms with E-state index in [0.29, 0.717) is 23.5 Å². The highest BCUT2D eigenvalue weighted by Crippen LogP contribution is 2.14. The van der Waals surface area contributed by atoms with E-state index >= 15 is 0 Å². The van der Waals surface area contributed by atoms with E-state index in [1.54, 1.807) is 18.4 Å². The van der Waals surface area contributed by atoms with E-state index in [0.717, 1.165) is 0 Å². The fourth-order valence-corrected chi connectivity index (χ4v) is 1.62. The number of halogens is 1. The van der Waals surface area contributed by atoms with Crippen LogP contribution in [0.25, 0.3) is 0 Å². The summed E-state index contributed by atoms with van der Waals surface area (Å²) in [5.74, 6) is 0.0694. The smallest absolute Gasteiger partial charge is 0.170 e. The zero-order valence-electron chi connectivity index (χ0n) is 10.0. The van der Waals surface area contributed by atoms with Gasteiger partial charge < -0.3 is 20.1 Å². The molecule has 1 aromatic heterocycles. The third-order valence-corrected chi connectivity index (χ3v) is 2.54. The Balaban J connectivity index is 2.07. The van der Waals surface area contributed by atoms with Gasteiger partial charge in [0.15, 0.2) is 5.84 Å². The molecule has 0 saturated carbocycles. The zero-order chi connectivity index (χ0) is 13.7. The molecule has 0 fully saturated rings. The van der Waals surface area contributed by atoms with Gasteiger partial charge in [-0.15, -0.1) is 0 Å². The van der Waals surface area contributed by atoms with Gasteiger partial charge in [-0.05, 0) is 29.8 Å². The third-order valence-electron chi connectivity index (χ3n) is 2.54. The highest BCUT2D eigenvalue weighted by Gasteiger charge is 2.09. The van der Waals surface area contributed by atoms with Gasteiger partial charge >= 0.3 is 0 Å². The van der Waals surface area contributed by atoms with Crippen LogP contribution >= 0.6 is 0 Å². The van der Waals surface area contributed by atoms with Gasteiger partial charge in [0.05, 0.1) is 12.9 Å². The van der Waals surface area contributed by atoms with E-state index in [1.165, 1.54) is 18.2 Å². The van der Waals surface area contributed by atoms with E-state index in [-0.39, 0.29) is 12.4 Å². The largest absolute Gasteiger partial charge is 0.467 e. The number of benzene rings is 1. The lowest BCUT2D eigenvalue weighted by molar-refractivity contribution is 0.0928. The Morgan fingerprint density at radius 3 is 2.89 bits per heavy atom. The predicted octanol–water partition coefficient (Wildman–Crippen LogP) is 2.23. The number of rotatable bonds is 5. The fraction of sp³-hybridized carbons (Fsp3) is 0.154. The molecule has 2 aromatic rings. The van der Waals surface area contributed by atoms with Crippen molar-refractivity contribution >= 4 is 5.84 Å². The van der Waals surface area contributed by atoms with Crippen LogP contribution in [0.3, 0.4) is 0 Å². The first kappa shape index (κ1) is 13.1. The highest BCUT2D eigenvalue weighted by atomic mass is 19.1. The summed E-state index contributed by atoms with van der Waals surface area (Å²) in [5.41, 5.74) is 6.42. The lowest BCUT2D eigenvalue weighted by atomic mass is 10.1. The van der Waals surface area contributed by atoms with Crippen LogP contribution in [0.5, 0.6) is 0 Å². The molecule has 0 amide bonds. The van der Waals surface area contributed by atoms with Crippen LogP contribution in [0.4, 0.5) is 4.39 Å². The van der Waals surface area contributed by atoms with Gasteiger partial charge in [-0.1, -0.05) is 11.2 Å². The van der Waals surface area contributed by atoms with Crippen LogP contribution in [0.1, 0.15) is 16.9 Å². The van der Waals surface area contributed by atoms with Gasteiger partial charge in [0.2, 0.25) is 0 Å². The van der Waals surface area contributed by atoms with Crippen molar-refractivity contribution in [1.82, 2.24) is 0 Å². The number of amidine groups is 1. The molecule has 1 heterocycles. The van der Waals surface area contributed by atoms with Gasteiger partial charge in [-0.2, -0.15) is 0 Å². The van der Waals surface area contributed by atoms with Crippen molar-refractivity contribution in [3.63, 3.8) is 0 Å². The second-order valence-corrected chi connectivity index (χ2v) is 3.86. The molecule has 100 valence electrons. The normalized spacial score (nSPS) is 11.7. The predicted molar refractivity (Wildman–Crippen MR) is 66.1 cm³/mol. The van der Waals surface area contributed by atoms with Crippen molar-refractivity contribution in [1.29, 1.82) is 0 Å². The molecular weight excluding hydrogens is 251 g/mol. The zero-order valence-corrected chi connectivity index (χ0v) is 10.0. The van der Waals surface area contributed by atoms with Crippen LogP contribution in [0, 0.1) is 5.82 Å². The maximum Gasteiger partial charge on any atom is 0.170 e. The minimum atomic E-state index is -0.462. The Kier molecular flexibility index (Phi) is 4.15. The lowest BCUT2D eigenvalue weighted by Crippen LogP contribution is -2.16. The molecule has 0 bridgehead atoms. The molecular formula is C13H13FN2O3. The molecule has 0 aliphatic carbocycles. The first-order chi connectivity index (χ1) is 9.20. The Bertz CT molecular complexity index is 567. The number of nitrogens with zero attached hydrogens (tertiary/aromatic N) is 1. The molecule has 6 heteroatoms. The number of hydrogen-bond acceptors (Lipinski definition) is 4. The average molecular weight is 264 g/mol. The van der Waals surface area contributed by atoms with Crippen LogP contribution in [-0.2, 0) is 18.0 Å². The van der Waals surface area contributed by atoms with Crippen LogP contribution in [-0.4, -0.2) is 11.0 Å². The van der Waals surface area contributed by atoms with Crippen molar-refractivity contribution in [3.8, 4) is 0 Å². The van der Waals surface area contributed by atoms with E-state index in [4.69, 9.17) is 20.1 Å². The molecule has 0 spiro atoms. The van der Waals surface area contributed by atoms with Crippen molar-refractivity contribution in [2.24, 2.45) is 10.9 Å². The van der Waals surface area contributed by atoms with E-state index in [9.17, 15) is 4.39 Å². The number of ether oxygens (including phenoxy) is 1. The molecule has 0 atom stereocenters. The van der Waals surface area contributed by atoms with Crippen molar-refractivity contribution in [2.75, 3.05) is 0 Å². The quantitative estimate of drug-likeness (QED) is 0.375. The second-order valence-electron chi connectivity index (χ2n) is 3.86. The molecule has 3 N–H and O–H groups in total. The van der Waals surface area contributed by atoms with Crippen LogP contribution in [0.2, 0.25) is 0 Å². The maximum atomic E-state index is 13.1. The number of furan rings is 1. The van der Waals surface area contributed by atoms with Gasteiger partial charge in [-0.3, -0.25) is 0 Å². The summed E-state index contributed by atoms with van der Waals surface area (Å²) in [6.07, 6.45) is 1.55. The summed E-state index contributed by atoms with van der Waals surface area (Å²) in [4.78, 5) is 0. The maximum absolute atomic E-state index is 13.1. The monoisotopic (exact) mass is 264 g/mol. The first-order valence-electron chi connectivity index (χ1n) is 5.57. The van der Waals surface area contributed by atoms with Gasteiger partial charge in [0.25, 0.3) is 0 Å². The highest BCUT2D eigenvalue weighted by molar-refractivity contribution is 5.98. The molecule has 19 heavy (non-hydrogen) atoms. The number of hydrogen-bond donors (Lipinski definition) is 2. The number of nitrogens with two attached hydrogens (primary N) is 1. The summed E-state index contributed by atoms with van der Waals surface area (Å²) < 4.78 is 23.7. The Hall–Kier alpha value is -2.34. The topological polar surface area (TPSA) is 81.0 Å². The molecule has 0 aliphatic rings. The summed E-state index contributed by atoms with van der Waals surface area (Å²) in [6.45, 7) is 0.493. The fourth-order valence-electron chi connectivity index (χ4n) is 1.62. The Morgan fingerprint density at radius 1 is 1.37 bits per heavy atom. The molecule has 2 rings (SSSR count). The molecule has 0 saturated heterocycles. The Labute approximate surface area is 109 Å². The average Bonchev–Trinajstić information content (AvgIpc) is 2.92. The van der Waals surface area contributed by atoms with Gasteiger partial charge in [0, 0.05) is 5.56 Å². The SMILES string of the molecule is NC(=NO)c1cc(F)ccc1COCc1ccco1. The summed E-state index contributed by atoms with van der Waals surface area (Å²) in [6, 6.07) is 7.57. The summed E-state index contributed by atoms with van der Waals surface area (Å²) in [7, 11) is 0. The molecule has 0 unspecified atom stereocenters. The van der Waals surface area contributed by atoms with E-state index < -0.39 is 5.82 Å². The Morgan fingerprint density at radius 2 is 2.21 bits per heavy atom. The van der Waals surface area contributed by atoms with E-state index in [1.807, 2.05) is 0 Å². The first-order valence-corrected chi connectivity index (χ1v) is 5.57. The van der Waals surface area contributed by atoms with Crippen molar-refractivity contribution < 1.29 is 18.8 Å². The van der Waals surface area contributed by atoms with Gasteiger partial charge in [0.1, 0.15) is 18.2 Å². The van der Waals surface area contributed by atoms with Crippen LogP contribution in [0.15, 0.2) is 46.2 Å². The summed E-state index contributed by atoms with van der Waals surface area (Å²) in [5, 5.41) is 11.5. The molecule has 1 aromatic carbocycles. The van der Waals surface area contributed by atoms with Crippen molar-refractivity contribution in [2.45, 2.75) is 13.2 Å². The van der Waals surface area contributed by atoms with Crippen molar-refractivity contribution in [3.05, 3.63) is 59.3 Å². The summed E-state index contributed by atoms with van der Waals surface area (Å²) >= 11 is 0. The minimum absolute atomic E-state index is 0.156. The molecule has 5 nitrogen and oxygen atoms in total. The molecule has 0 radical (unpaired) electrons. The standard InChI is InChI=1S/C13H13FN2O3/c14-10-4-3-9(12(6-10)13(15)16-17)7-18-8-11-2-1-5-19-11/h1-6,17H,7-8H2,(H2,15,16). The van der Waals surface area contributed by atoms with Gasteiger partial charge in [-0.25, -0.2) is 4.39 Å². The number of oxime groups is 1. The second kappa shape index (κ2) is 6.01. The molecule has 0 aliphatic heterocycles.